The van der Waals surface area contributed by atoms with E-state index in [-0.39, 0.29) is 6.03 Å². The number of rotatable bonds is 3. The standard InChI is InChI=1S/C8H11N3O2/c1-2-7(12)9-3-5-11-6-4-10-8(11)13/h1H,3-6H2,(H,9,12)(H,10,13). The van der Waals surface area contributed by atoms with Crippen molar-refractivity contribution >= 4 is 11.9 Å². The van der Waals surface area contributed by atoms with Gasteiger partial charge >= 0.3 is 6.03 Å². The molecule has 1 rings (SSSR count). The SMILES string of the molecule is C#CC(=O)NCCN1CCNC1=O. The molecular weight excluding hydrogens is 170 g/mol. The highest BCUT2D eigenvalue weighted by atomic mass is 16.2. The number of nitrogens with one attached hydrogen (secondary N) is 2. The highest BCUT2D eigenvalue weighted by Gasteiger charge is 2.18. The first-order chi connectivity index (χ1) is 6.24. The molecule has 1 heterocycles. The normalized spacial score (nSPS) is 15.0. The summed E-state index contributed by atoms with van der Waals surface area (Å²) in [5, 5.41) is 5.14. The van der Waals surface area contributed by atoms with Crippen LogP contribution in [0.3, 0.4) is 0 Å². The molecule has 1 fully saturated rings. The highest BCUT2D eigenvalue weighted by Crippen LogP contribution is 1.93. The number of hydrogen-bond acceptors (Lipinski definition) is 2. The van der Waals surface area contributed by atoms with Crippen molar-refractivity contribution in [1.82, 2.24) is 15.5 Å². The molecule has 0 aromatic heterocycles. The van der Waals surface area contributed by atoms with Crippen LogP contribution in [0.1, 0.15) is 0 Å². The second kappa shape index (κ2) is 4.36. The van der Waals surface area contributed by atoms with Gasteiger partial charge in [0.2, 0.25) is 0 Å². The van der Waals surface area contributed by atoms with Gasteiger partial charge in [0.15, 0.2) is 0 Å². The molecule has 0 aromatic rings. The Morgan fingerprint density at radius 3 is 3.08 bits per heavy atom. The van der Waals surface area contributed by atoms with E-state index in [0.717, 1.165) is 0 Å². The molecular formula is C8H11N3O2. The molecule has 3 amide bonds. The number of hydrogen-bond donors (Lipinski definition) is 2. The third kappa shape index (κ3) is 2.67. The molecule has 5 nitrogen and oxygen atoms in total. The topological polar surface area (TPSA) is 61.4 Å². The minimum atomic E-state index is -0.445. The second-order valence-electron chi connectivity index (χ2n) is 2.62. The van der Waals surface area contributed by atoms with Crippen LogP contribution in [-0.4, -0.2) is 43.0 Å². The molecule has 0 aromatic carbocycles. The monoisotopic (exact) mass is 181 g/mol. The largest absolute Gasteiger partial charge is 0.343 e. The van der Waals surface area contributed by atoms with Gasteiger partial charge in [0.25, 0.3) is 5.91 Å². The van der Waals surface area contributed by atoms with Crippen molar-refractivity contribution in [1.29, 1.82) is 0 Å². The van der Waals surface area contributed by atoms with Crippen LogP contribution < -0.4 is 10.6 Å². The lowest BCUT2D eigenvalue weighted by Crippen LogP contribution is -2.36. The first kappa shape index (κ1) is 9.39. The first-order valence-electron chi connectivity index (χ1n) is 4.01. The van der Waals surface area contributed by atoms with Gasteiger partial charge in [-0.25, -0.2) is 4.79 Å². The lowest BCUT2D eigenvalue weighted by molar-refractivity contribution is -0.115. The number of amides is 3. The minimum absolute atomic E-state index is 0.0880. The summed E-state index contributed by atoms with van der Waals surface area (Å²) in [6.45, 7) is 2.25. The maximum Gasteiger partial charge on any atom is 0.317 e. The maximum absolute atomic E-state index is 11.0. The molecule has 0 spiro atoms. The van der Waals surface area contributed by atoms with Gasteiger partial charge < -0.3 is 15.5 Å². The summed E-state index contributed by atoms with van der Waals surface area (Å²) in [7, 11) is 0. The lowest BCUT2D eigenvalue weighted by Gasteiger charge is -2.13. The molecule has 5 heteroatoms. The van der Waals surface area contributed by atoms with E-state index in [9.17, 15) is 9.59 Å². The Labute approximate surface area is 76.5 Å². The summed E-state index contributed by atoms with van der Waals surface area (Å²) in [6.07, 6.45) is 4.84. The van der Waals surface area contributed by atoms with E-state index < -0.39 is 5.91 Å². The summed E-state index contributed by atoms with van der Waals surface area (Å²) in [4.78, 5) is 23.2. The van der Waals surface area contributed by atoms with Crippen LogP contribution in [0, 0.1) is 12.3 Å². The number of urea groups is 1. The molecule has 2 N–H and O–H groups in total. The number of carbonyl (C=O) groups is 2. The maximum atomic E-state index is 11.0. The van der Waals surface area contributed by atoms with Crippen molar-refractivity contribution in [2.45, 2.75) is 0 Å². The van der Waals surface area contributed by atoms with Gasteiger partial charge in [-0.15, -0.1) is 6.42 Å². The predicted octanol–water partition coefficient (Wildman–Crippen LogP) is -1.24. The molecule has 0 atom stereocenters. The molecule has 1 aliphatic rings. The summed E-state index contributed by atoms with van der Waals surface area (Å²) in [6, 6.07) is -0.0880. The summed E-state index contributed by atoms with van der Waals surface area (Å²) >= 11 is 0. The quantitative estimate of drug-likeness (QED) is 0.535. The minimum Gasteiger partial charge on any atom is -0.343 e. The summed E-state index contributed by atoms with van der Waals surface area (Å²) in [5.41, 5.74) is 0. The summed E-state index contributed by atoms with van der Waals surface area (Å²) < 4.78 is 0. The Bertz CT molecular complexity index is 257. The third-order valence-electron chi connectivity index (χ3n) is 1.74. The van der Waals surface area contributed by atoms with E-state index in [4.69, 9.17) is 6.42 Å². The van der Waals surface area contributed by atoms with E-state index in [1.54, 1.807) is 4.90 Å². The van der Waals surface area contributed by atoms with Crippen molar-refractivity contribution in [2.75, 3.05) is 26.2 Å². The van der Waals surface area contributed by atoms with E-state index in [1.165, 1.54) is 0 Å². The Hall–Kier alpha value is -1.70. The fourth-order valence-electron chi connectivity index (χ4n) is 1.08. The third-order valence-corrected chi connectivity index (χ3v) is 1.74. The van der Waals surface area contributed by atoms with Gasteiger partial charge in [-0.3, -0.25) is 4.79 Å². The fourth-order valence-corrected chi connectivity index (χ4v) is 1.08. The number of carbonyl (C=O) groups excluding carboxylic acids is 2. The van der Waals surface area contributed by atoms with Crippen LogP contribution >= 0.6 is 0 Å². The zero-order valence-electron chi connectivity index (χ0n) is 7.17. The van der Waals surface area contributed by atoms with E-state index in [2.05, 4.69) is 10.6 Å². The van der Waals surface area contributed by atoms with Crippen LogP contribution in [0.2, 0.25) is 0 Å². The van der Waals surface area contributed by atoms with Crippen LogP contribution in [0.5, 0.6) is 0 Å². The molecule has 0 radical (unpaired) electrons. The van der Waals surface area contributed by atoms with Gasteiger partial charge in [0, 0.05) is 26.2 Å². The smallest absolute Gasteiger partial charge is 0.317 e. The highest BCUT2D eigenvalue weighted by molar-refractivity contribution is 5.92. The average molecular weight is 181 g/mol. The molecule has 0 bridgehead atoms. The van der Waals surface area contributed by atoms with Crippen LogP contribution in [0.15, 0.2) is 0 Å². The van der Waals surface area contributed by atoms with Crippen molar-refractivity contribution in [2.24, 2.45) is 0 Å². The van der Waals surface area contributed by atoms with Gasteiger partial charge in [0.05, 0.1) is 0 Å². The Morgan fingerprint density at radius 2 is 2.54 bits per heavy atom. The first-order valence-corrected chi connectivity index (χ1v) is 4.01. The molecule has 0 unspecified atom stereocenters. The fraction of sp³-hybridized carbons (Fsp3) is 0.500. The summed E-state index contributed by atoms with van der Waals surface area (Å²) in [5.74, 6) is 1.49. The van der Waals surface area contributed by atoms with Gasteiger partial charge in [0.1, 0.15) is 0 Å². The van der Waals surface area contributed by atoms with E-state index >= 15 is 0 Å². The molecule has 70 valence electrons. The van der Waals surface area contributed by atoms with Gasteiger partial charge in [-0.2, -0.15) is 0 Å². The predicted molar refractivity (Wildman–Crippen MR) is 46.8 cm³/mol. The molecule has 1 aliphatic heterocycles. The zero-order chi connectivity index (χ0) is 9.68. The lowest BCUT2D eigenvalue weighted by atomic mass is 10.5. The zero-order valence-corrected chi connectivity index (χ0v) is 7.17. The second-order valence-corrected chi connectivity index (χ2v) is 2.62. The molecule has 13 heavy (non-hydrogen) atoms. The van der Waals surface area contributed by atoms with Crippen molar-refractivity contribution in [3.63, 3.8) is 0 Å². The Morgan fingerprint density at radius 1 is 1.77 bits per heavy atom. The molecule has 0 saturated carbocycles. The molecule has 1 saturated heterocycles. The van der Waals surface area contributed by atoms with Gasteiger partial charge in [-0.05, 0) is 5.92 Å². The van der Waals surface area contributed by atoms with Crippen LogP contribution in [0.4, 0.5) is 4.79 Å². The van der Waals surface area contributed by atoms with Crippen molar-refractivity contribution in [3.8, 4) is 12.3 Å². The van der Waals surface area contributed by atoms with Crippen LogP contribution in [-0.2, 0) is 4.79 Å². The van der Waals surface area contributed by atoms with Crippen molar-refractivity contribution < 1.29 is 9.59 Å². The molecule has 0 aliphatic carbocycles. The average Bonchev–Trinajstić information content (AvgIpc) is 2.52. The Balaban J connectivity index is 2.16. The van der Waals surface area contributed by atoms with E-state index in [0.29, 0.717) is 26.2 Å². The van der Waals surface area contributed by atoms with Gasteiger partial charge in [-0.1, -0.05) is 0 Å². The number of nitrogens with zero attached hydrogens (tertiary/aromatic N) is 1. The Kier molecular flexibility index (Phi) is 3.15. The van der Waals surface area contributed by atoms with E-state index in [1.807, 2.05) is 5.92 Å². The van der Waals surface area contributed by atoms with Crippen molar-refractivity contribution in [3.05, 3.63) is 0 Å². The number of terminal acetylenes is 1. The van der Waals surface area contributed by atoms with Crippen LogP contribution in [0.25, 0.3) is 0 Å².